The maximum absolute atomic E-state index is 11.2. The van der Waals surface area contributed by atoms with E-state index < -0.39 is 0 Å². The van der Waals surface area contributed by atoms with Crippen LogP contribution in [0.3, 0.4) is 0 Å². The van der Waals surface area contributed by atoms with E-state index in [2.05, 4.69) is 0 Å². The Kier molecular flexibility index (Phi) is 3.53. The van der Waals surface area contributed by atoms with Crippen LogP contribution in [-0.2, 0) is 0 Å². The molecule has 74 valence electrons. The monoisotopic (exact) mass is 199 g/mol. The van der Waals surface area contributed by atoms with Gasteiger partial charge < -0.3 is 0 Å². The number of allylic oxidation sites excluding steroid dienone is 2. The van der Waals surface area contributed by atoms with Gasteiger partial charge in [-0.3, -0.25) is 9.59 Å². The average molecular weight is 199 g/mol. The molecule has 0 saturated heterocycles. The SMILES string of the molecule is CC#N.O=C1C=CC(=O)c2ccccc21. The van der Waals surface area contributed by atoms with Crippen LogP contribution in [0, 0.1) is 11.3 Å². The Bertz CT molecular complexity index is 430. The van der Waals surface area contributed by atoms with Gasteiger partial charge in [-0.1, -0.05) is 24.3 Å². The topological polar surface area (TPSA) is 57.9 Å². The Balaban J connectivity index is 0.000000337. The fourth-order valence-electron chi connectivity index (χ4n) is 1.24. The summed E-state index contributed by atoms with van der Waals surface area (Å²) < 4.78 is 0. The van der Waals surface area contributed by atoms with Crippen LogP contribution in [0.4, 0.5) is 0 Å². The predicted octanol–water partition coefficient (Wildman–Crippen LogP) is 2.15. The molecule has 3 nitrogen and oxygen atoms in total. The molecule has 0 aromatic heterocycles. The Hall–Kier alpha value is -2.21. The van der Waals surface area contributed by atoms with E-state index >= 15 is 0 Å². The highest BCUT2D eigenvalue weighted by Gasteiger charge is 2.16. The van der Waals surface area contributed by atoms with Crippen molar-refractivity contribution in [2.45, 2.75) is 6.92 Å². The molecule has 0 saturated carbocycles. The van der Waals surface area contributed by atoms with E-state index in [-0.39, 0.29) is 11.6 Å². The third-order valence-electron chi connectivity index (χ3n) is 1.84. The molecule has 0 unspecified atom stereocenters. The first kappa shape index (κ1) is 10.9. The molecule has 0 atom stereocenters. The summed E-state index contributed by atoms with van der Waals surface area (Å²) in [5, 5.41) is 7.32. The first-order valence-electron chi connectivity index (χ1n) is 4.37. The van der Waals surface area contributed by atoms with E-state index in [4.69, 9.17) is 5.26 Å². The highest BCUT2D eigenvalue weighted by atomic mass is 16.1. The zero-order valence-electron chi connectivity index (χ0n) is 8.23. The Morgan fingerprint density at radius 3 is 1.67 bits per heavy atom. The van der Waals surface area contributed by atoms with E-state index in [0.29, 0.717) is 11.1 Å². The number of benzene rings is 1. The highest BCUT2D eigenvalue weighted by Crippen LogP contribution is 2.15. The fourth-order valence-corrected chi connectivity index (χ4v) is 1.24. The van der Waals surface area contributed by atoms with Crippen LogP contribution >= 0.6 is 0 Å². The lowest BCUT2D eigenvalue weighted by Gasteiger charge is -2.06. The largest absolute Gasteiger partial charge is 0.289 e. The number of nitriles is 1. The van der Waals surface area contributed by atoms with E-state index in [9.17, 15) is 9.59 Å². The predicted molar refractivity (Wildman–Crippen MR) is 55.5 cm³/mol. The van der Waals surface area contributed by atoms with Gasteiger partial charge in [-0.25, -0.2) is 0 Å². The van der Waals surface area contributed by atoms with Crippen LogP contribution in [0.5, 0.6) is 0 Å². The summed E-state index contributed by atoms with van der Waals surface area (Å²) in [6, 6.07) is 8.59. The van der Waals surface area contributed by atoms with Gasteiger partial charge in [0.2, 0.25) is 0 Å². The van der Waals surface area contributed by atoms with Crippen molar-refractivity contribution in [3.05, 3.63) is 47.5 Å². The first-order chi connectivity index (χ1) is 7.20. The summed E-state index contributed by atoms with van der Waals surface area (Å²) >= 11 is 0. The number of nitrogens with zero attached hydrogens (tertiary/aromatic N) is 1. The van der Waals surface area contributed by atoms with Crippen molar-refractivity contribution < 1.29 is 9.59 Å². The second kappa shape index (κ2) is 4.87. The van der Waals surface area contributed by atoms with Gasteiger partial charge in [-0.15, -0.1) is 0 Å². The van der Waals surface area contributed by atoms with E-state index in [1.165, 1.54) is 19.1 Å². The van der Waals surface area contributed by atoms with Crippen molar-refractivity contribution in [1.82, 2.24) is 0 Å². The van der Waals surface area contributed by atoms with Gasteiger partial charge in [-0.2, -0.15) is 5.26 Å². The zero-order chi connectivity index (χ0) is 11.3. The number of fused-ring (bicyclic) bond motifs is 1. The van der Waals surface area contributed by atoms with Crippen molar-refractivity contribution in [3.63, 3.8) is 0 Å². The van der Waals surface area contributed by atoms with Crippen LogP contribution < -0.4 is 0 Å². The van der Waals surface area contributed by atoms with Gasteiger partial charge >= 0.3 is 0 Å². The molecule has 1 aromatic rings. The van der Waals surface area contributed by atoms with Gasteiger partial charge in [0.25, 0.3) is 0 Å². The molecule has 0 radical (unpaired) electrons. The molecule has 0 fully saturated rings. The molecule has 1 aliphatic rings. The lowest BCUT2D eigenvalue weighted by atomic mass is 9.95. The van der Waals surface area contributed by atoms with Crippen LogP contribution in [-0.4, -0.2) is 11.6 Å². The molecule has 1 aromatic carbocycles. The maximum atomic E-state index is 11.2. The molecule has 3 heteroatoms. The smallest absolute Gasteiger partial charge is 0.186 e. The van der Waals surface area contributed by atoms with Crippen molar-refractivity contribution in [2.75, 3.05) is 0 Å². The first-order valence-corrected chi connectivity index (χ1v) is 4.37. The summed E-state index contributed by atoms with van der Waals surface area (Å²) in [6.07, 6.45) is 2.62. The average Bonchev–Trinajstić information content (AvgIpc) is 2.25. The Labute approximate surface area is 87.6 Å². The number of carbonyl (C=O) groups excluding carboxylic acids is 2. The minimum absolute atomic E-state index is 0.0924. The number of hydrogen-bond donors (Lipinski definition) is 0. The van der Waals surface area contributed by atoms with Crippen LogP contribution in [0.1, 0.15) is 27.6 Å². The molecule has 15 heavy (non-hydrogen) atoms. The van der Waals surface area contributed by atoms with Crippen LogP contribution in [0.15, 0.2) is 36.4 Å². The maximum Gasteiger partial charge on any atom is 0.186 e. The van der Waals surface area contributed by atoms with E-state index in [0.717, 1.165) is 0 Å². The van der Waals surface area contributed by atoms with Gasteiger partial charge in [0.1, 0.15) is 0 Å². The standard InChI is InChI=1S/C10H6O2.C2H3N/c11-9-5-6-10(12)8-4-2-1-3-7(8)9;1-2-3/h1-6H;1H3. The molecule has 2 rings (SSSR count). The molecular weight excluding hydrogens is 190 g/mol. The zero-order valence-corrected chi connectivity index (χ0v) is 8.23. The molecule has 0 amide bonds. The second-order valence-corrected chi connectivity index (χ2v) is 2.83. The lowest BCUT2D eigenvalue weighted by Crippen LogP contribution is -2.10. The highest BCUT2D eigenvalue weighted by molar-refractivity contribution is 6.21. The molecular formula is C12H9NO2. The number of hydrogen-bond acceptors (Lipinski definition) is 3. The van der Waals surface area contributed by atoms with E-state index in [1.54, 1.807) is 30.3 Å². The van der Waals surface area contributed by atoms with Gasteiger partial charge in [-0.05, 0) is 12.2 Å². The fraction of sp³-hybridized carbons (Fsp3) is 0.0833. The van der Waals surface area contributed by atoms with Gasteiger partial charge in [0, 0.05) is 18.1 Å². The molecule has 0 N–H and O–H groups in total. The molecule has 0 bridgehead atoms. The number of carbonyl (C=O) groups is 2. The second-order valence-electron chi connectivity index (χ2n) is 2.83. The molecule has 0 spiro atoms. The lowest BCUT2D eigenvalue weighted by molar-refractivity contribution is 0.0994. The Morgan fingerprint density at radius 1 is 1.00 bits per heavy atom. The van der Waals surface area contributed by atoms with E-state index in [1.807, 2.05) is 0 Å². The third kappa shape index (κ3) is 2.38. The minimum Gasteiger partial charge on any atom is -0.289 e. The van der Waals surface area contributed by atoms with Crippen molar-refractivity contribution >= 4 is 11.6 Å². The summed E-state index contributed by atoms with van der Waals surface area (Å²) in [4.78, 5) is 22.4. The molecule has 0 aliphatic heterocycles. The normalized spacial score (nSPS) is 12.3. The summed E-state index contributed by atoms with van der Waals surface area (Å²) in [5.74, 6) is -0.185. The summed E-state index contributed by atoms with van der Waals surface area (Å²) in [6.45, 7) is 1.43. The number of rotatable bonds is 0. The molecule has 0 heterocycles. The third-order valence-corrected chi connectivity index (χ3v) is 1.84. The van der Waals surface area contributed by atoms with Crippen molar-refractivity contribution in [1.29, 1.82) is 5.26 Å². The summed E-state index contributed by atoms with van der Waals surface area (Å²) in [5.41, 5.74) is 1.01. The van der Waals surface area contributed by atoms with Crippen LogP contribution in [0.2, 0.25) is 0 Å². The quantitative estimate of drug-likeness (QED) is 0.643. The Morgan fingerprint density at radius 2 is 1.33 bits per heavy atom. The van der Waals surface area contributed by atoms with Gasteiger partial charge in [0.05, 0.1) is 6.07 Å². The molecule has 1 aliphatic carbocycles. The number of ketones is 2. The van der Waals surface area contributed by atoms with Crippen molar-refractivity contribution in [3.8, 4) is 6.07 Å². The minimum atomic E-state index is -0.0924. The van der Waals surface area contributed by atoms with Crippen molar-refractivity contribution in [2.24, 2.45) is 0 Å². The van der Waals surface area contributed by atoms with Crippen LogP contribution in [0.25, 0.3) is 0 Å². The summed E-state index contributed by atoms with van der Waals surface area (Å²) in [7, 11) is 0. The van der Waals surface area contributed by atoms with Gasteiger partial charge in [0.15, 0.2) is 11.6 Å².